The lowest BCUT2D eigenvalue weighted by Crippen LogP contribution is -2.26. The Bertz CT molecular complexity index is 384. The molecule has 6 nitrogen and oxygen atoms in total. The van der Waals surface area contributed by atoms with Crippen molar-refractivity contribution in [3.05, 3.63) is 12.2 Å². The van der Waals surface area contributed by atoms with Gasteiger partial charge in [-0.05, 0) is 19.3 Å². The van der Waals surface area contributed by atoms with E-state index in [0.717, 1.165) is 25.7 Å². The van der Waals surface area contributed by atoms with Gasteiger partial charge in [0.15, 0.2) is 0 Å². The number of hydrogen-bond acceptors (Lipinski definition) is 5. The fourth-order valence-electron chi connectivity index (χ4n) is 2.86. The van der Waals surface area contributed by atoms with Crippen LogP contribution in [0.4, 0.5) is 0 Å². The van der Waals surface area contributed by atoms with Crippen LogP contribution in [0.2, 0.25) is 0 Å². The van der Waals surface area contributed by atoms with Gasteiger partial charge in [0.05, 0.1) is 24.4 Å². The van der Waals surface area contributed by atoms with Gasteiger partial charge in [0.1, 0.15) is 6.10 Å². The van der Waals surface area contributed by atoms with Gasteiger partial charge in [-0.25, -0.2) is 0 Å². The third-order valence-corrected chi connectivity index (χ3v) is 4.45. The van der Waals surface area contributed by atoms with Gasteiger partial charge in [0, 0.05) is 12.8 Å². The lowest BCUT2D eigenvalue weighted by Gasteiger charge is -2.18. The number of aliphatic hydroxyl groups is 3. The van der Waals surface area contributed by atoms with Crippen LogP contribution in [0, 0.1) is 0 Å². The van der Waals surface area contributed by atoms with Crippen LogP contribution in [0.25, 0.3) is 0 Å². The molecule has 1 aliphatic rings. The van der Waals surface area contributed by atoms with E-state index in [-0.39, 0.29) is 12.5 Å². The Kier molecular flexibility index (Phi) is 10.2. The molecule has 1 heterocycles. The van der Waals surface area contributed by atoms with Crippen molar-refractivity contribution >= 4 is 5.97 Å². The molecule has 0 spiro atoms. The van der Waals surface area contributed by atoms with Gasteiger partial charge < -0.3 is 25.2 Å². The molecule has 0 radical (unpaired) electrons. The van der Waals surface area contributed by atoms with Crippen LogP contribution in [-0.4, -0.2) is 56.9 Å². The summed E-state index contributed by atoms with van der Waals surface area (Å²) in [6.07, 6.45) is 6.89. The number of carboxylic acids is 1. The quantitative estimate of drug-likeness (QED) is 0.319. The Hall–Kier alpha value is -0.950. The van der Waals surface area contributed by atoms with Crippen LogP contribution in [0.1, 0.15) is 64.7 Å². The van der Waals surface area contributed by atoms with E-state index in [1.807, 2.05) is 6.92 Å². The number of carboxylic acid groups (broad SMARTS) is 1. The molecule has 1 saturated heterocycles. The summed E-state index contributed by atoms with van der Waals surface area (Å²) in [7, 11) is 0. The van der Waals surface area contributed by atoms with E-state index < -0.39 is 30.4 Å². The molecule has 5 atom stereocenters. The first kappa shape index (κ1) is 21.1. The minimum absolute atomic E-state index is 0.220. The molecule has 140 valence electrons. The highest BCUT2D eigenvalue weighted by Gasteiger charge is 2.36. The molecule has 1 rings (SSSR count). The lowest BCUT2D eigenvalue weighted by molar-refractivity contribution is -0.137. The summed E-state index contributed by atoms with van der Waals surface area (Å²) in [5.41, 5.74) is 0. The van der Waals surface area contributed by atoms with Crippen molar-refractivity contribution in [2.75, 3.05) is 0 Å². The minimum Gasteiger partial charge on any atom is -0.481 e. The van der Waals surface area contributed by atoms with Gasteiger partial charge in [-0.15, -0.1) is 0 Å². The van der Waals surface area contributed by atoms with E-state index in [1.54, 1.807) is 12.2 Å². The van der Waals surface area contributed by atoms with E-state index >= 15 is 0 Å². The SMILES string of the molecule is CC[C@@H](O)/C=C/[C@@H]1O[C@@H]([C@H](O)CCCCCCCC(=O)O)C[C@H]1O. The van der Waals surface area contributed by atoms with Crippen molar-refractivity contribution in [1.82, 2.24) is 0 Å². The summed E-state index contributed by atoms with van der Waals surface area (Å²) in [5.74, 6) is -0.752. The van der Waals surface area contributed by atoms with Crippen molar-refractivity contribution in [1.29, 1.82) is 0 Å². The van der Waals surface area contributed by atoms with Gasteiger partial charge in [-0.3, -0.25) is 4.79 Å². The summed E-state index contributed by atoms with van der Waals surface area (Å²) in [4.78, 5) is 10.4. The molecule has 0 unspecified atom stereocenters. The Morgan fingerprint density at radius 1 is 1.21 bits per heavy atom. The molecule has 24 heavy (non-hydrogen) atoms. The topological polar surface area (TPSA) is 107 Å². The van der Waals surface area contributed by atoms with Crippen LogP contribution in [0.5, 0.6) is 0 Å². The minimum atomic E-state index is -0.752. The fraction of sp³-hybridized carbons (Fsp3) is 0.833. The maximum Gasteiger partial charge on any atom is 0.303 e. The van der Waals surface area contributed by atoms with Gasteiger partial charge in [0.25, 0.3) is 0 Å². The van der Waals surface area contributed by atoms with E-state index in [9.17, 15) is 20.1 Å². The average Bonchev–Trinajstić information content (AvgIpc) is 2.92. The first-order chi connectivity index (χ1) is 11.4. The number of unbranched alkanes of at least 4 members (excludes halogenated alkanes) is 4. The van der Waals surface area contributed by atoms with Crippen LogP contribution in [0.15, 0.2) is 12.2 Å². The molecule has 0 aromatic carbocycles. The summed E-state index contributed by atoms with van der Waals surface area (Å²) < 4.78 is 5.69. The molecule has 0 bridgehead atoms. The molecular formula is C18H32O6. The van der Waals surface area contributed by atoms with E-state index in [2.05, 4.69) is 0 Å². The third-order valence-electron chi connectivity index (χ3n) is 4.45. The van der Waals surface area contributed by atoms with Crippen molar-refractivity contribution in [2.24, 2.45) is 0 Å². The lowest BCUT2D eigenvalue weighted by atomic mass is 10.0. The maximum absolute atomic E-state index is 10.4. The smallest absolute Gasteiger partial charge is 0.303 e. The zero-order valence-corrected chi connectivity index (χ0v) is 14.5. The monoisotopic (exact) mass is 344 g/mol. The van der Waals surface area contributed by atoms with Gasteiger partial charge in [0.2, 0.25) is 0 Å². The number of aliphatic carboxylic acids is 1. The van der Waals surface area contributed by atoms with E-state index in [0.29, 0.717) is 25.7 Å². The van der Waals surface area contributed by atoms with Crippen molar-refractivity contribution in [2.45, 2.75) is 95.2 Å². The number of aliphatic hydroxyl groups excluding tert-OH is 3. The van der Waals surface area contributed by atoms with Crippen LogP contribution in [0.3, 0.4) is 0 Å². The van der Waals surface area contributed by atoms with Crippen LogP contribution >= 0.6 is 0 Å². The van der Waals surface area contributed by atoms with Crippen molar-refractivity contribution < 1.29 is 30.0 Å². The zero-order valence-electron chi connectivity index (χ0n) is 14.5. The molecule has 1 fully saturated rings. The predicted octanol–water partition coefficient (Wildman–Crippen LogP) is 2.01. The highest BCUT2D eigenvalue weighted by atomic mass is 16.5. The summed E-state index contributed by atoms with van der Waals surface area (Å²) >= 11 is 0. The molecule has 0 saturated carbocycles. The highest BCUT2D eigenvalue weighted by molar-refractivity contribution is 5.66. The largest absolute Gasteiger partial charge is 0.481 e. The molecule has 0 aromatic heterocycles. The van der Waals surface area contributed by atoms with Crippen LogP contribution < -0.4 is 0 Å². The van der Waals surface area contributed by atoms with Crippen molar-refractivity contribution in [3.63, 3.8) is 0 Å². The molecule has 0 aliphatic carbocycles. The average molecular weight is 344 g/mol. The van der Waals surface area contributed by atoms with Crippen LogP contribution in [-0.2, 0) is 9.53 Å². The Morgan fingerprint density at radius 3 is 2.54 bits per heavy atom. The number of carbonyl (C=O) groups is 1. The second kappa shape index (κ2) is 11.6. The Balaban J connectivity index is 2.18. The zero-order chi connectivity index (χ0) is 17.9. The molecule has 4 N–H and O–H groups in total. The van der Waals surface area contributed by atoms with Gasteiger partial charge >= 0.3 is 5.97 Å². The molecule has 1 aliphatic heterocycles. The van der Waals surface area contributed by atoms with Crippen molar-refractivity contribution in [3.8, 4) is 0 Å². The predicted molar refractivity (Wildman–Crippen MR) is 90.7 cm³/mol. The molecule has 0 amide bonds. The molecule has 6 heteroatoms. The second-order valence-electron chi connectivity index (χ2n) is 6.57. The normalized spacial score (nSPS) is 26.8. The first-order valence-corrected chi connectivity index (χ1v) is 9.03. The maximum atomic E-state index is 10.4. The van der Waals surface area contributed by atoms with Gasteiger partial charge in [-0.1, -0.05) is 44.8 Å². The highest BCUT2D eigenvalue weighted by Crippen LogP contribution is 2.26. The molecular weight excluding hydrogens is 312 g/mol. The summed E-state index contributed by atoms with van der Waals surface area (Å²) in [5, 5.41) is 38.2. The standard InChI is InChI=1S/C18H32O6/c1-2-13(19)10-11-16-15(21)12-17(24-16)14(20)8-6-4-3-5-7-9-18(22)23/h10-11,13-17,19-21H,2-9,12H2,1H3,(H,22,23)/b11-10+/t13-,14-,15-,16+,17-/m1/s1. The first-order valence-electron chi connectivity index (χ1n) is 9.03. The second-order valence-corrected chi connectivity index (χ2v) is 6.57. The molecule has 0 aromatic rings. The van der Waals surface area contributed by atoms with E-state index in [1.165, 1.54) is 0 Å². The number of hydrogen-bond donors (Lipinski definition) is 4. The van der Waals surface area contributed by atoms with E-state index in [4.69, 9.17) is 9.84 Å². The number of ether oxygens (including phenoxy) is 1. The summed E-state index contributed by atoms with van der Waals surface area (Å²) in [6.45, 7) is 1.87. The third kappa shape index (κ3) is 8.24. The Morgan fingerprint density at radius 2 is 1.88 bits per heavy atom. The summed E-state index contributed by atoms with van der Waals surface area (Å²) in [6, 6.07) is 0. The van der Waals surface area contributed by atoms with Gasteiger partial charge in [-0.2, -0.15) is 0 Å². The number of rotatable bonds is 12. The fourth-order valence-corrected chi connectivity index (χ4v) is 2.86. The Labute approximate surface area is 144 Å².